The number of aromatic nitrogens is 7. The first kappa shape index (κ1) is 28.1. The lowest BCUT2D eigenvalue weighted by atomic mass is 10.1. The maximum atomic E-state index is 15.7. The van der Waals surface area contributed by atoms with Crippen molar-refractivity contribution in [2.24, 2.45) is 0 Å². The van der Waals surface area contributed by atoms with Gasteiger partial charge in [0.15, 0.2) is 17.2 Å². The average molecular weight is 582 g/mol. The molecule has 0 bridgehead atoms. The van der Waals surface area contributed by atoms with Crippen LogP contribution in [0.4, 0.5) is 15.9 Å². The molecule has 15 heteroatoms. The van der Waals surface area contributed by atoms with Crippen molar-refractivity contribution < 1.29 is 27.7 Å². The molecular formula is C26H26FN8O5S-. The molecule has 0 saturated heterocycles. The van der Waals surface area contributed by atoms with E-state index in [0.29, 0.717) is 22.5 Å². The van der Waals surface area contributed by atoms with Gasteiger partial charge in [-0.3, -0.25) is 17.8 Å². The summed E-state index contributed by atoms with van der Waals surface area (Å²) >= 11 is -2.64. The Morgan fingerprint density at radius 2 is 1.95 bits per heavy atom. The highest BCUT2D eigenvalue weighted by Crippen LogP contribution is 2.37. The van der Waals surface area contributed by atoms with Gasteiger partial charge in [0.1, 0.15) is 22.9 Å². The number of rotatable bonds is 10. The minimum Gasteiger partial charge on any atom is -0.755 e. The summed E-state index contributed by atoms with van der Waals surface area (Å²) < 4.78 is 52.3. The maximum Gasteiger partial charge on any atom is 0.188 e. The quantitative estimate of drug-likeness (QED) is 0.242. The molecule has 4 heterocycles. The summed E-state index contributed by atoms with van der Waals surface area (Å²) in [5, 5.41) is 14.4. The fourth-order valence-electron chi connectivity index (χ4n) is 4.18. The van der Waals surface area contributed by atoms with E-state index in [1.165, 1.54) is 43.6 Å². The van der Waals surface area contributed by atoms with Crippen molar-refractivity contribution in [3.63, 3.8) is 0 Å². The smallest absolute Gasteiger partial charge is 0.188 e. The molecule has 0 saturated carbocycles. The normalized spacial score (nSPS) is 12.5. The summed E-state index contributed by atoms with van der Waals surface area (Å²) in [4.78, 5) is 19.4. The molecule has 1 aromatic carbocycles. The second kappa shape index (κ2) is 11.2. The number of fused-ring (bicyclic) bond motifs is 1. The van der Waals surface area contributed by atoms with Crippen LogP contribution in [0.25, 0.3) is 22.4 Å². The van der Waals surface area contributed by atoms with Crippen LogP contribution in [0.1, 0.15) is 19.7 Å². The van der Waals surface area contributed by atoms with E-state index in [9.17, 15) is 13.9 Å². The Morgan fingerprint density at radius 1 is 1.15 bits per heavy atom. The van der Waals surface area contributed by atoms with Gasteiger partial charge in [0.05, 0.1) is 68.0 Å². The molecule has 0 fully saturated rings. The van der Waals surface area contributed by atoms with Gasteiger partial charge in [0.2, 0.25) is 0 Å². The van der Waals surface area contributed by atoms with Crippen molar-refractivity contribution in [3.05, 3.63) is 66.9 Å². The standard InChI is InChI=1S/C26H27FN8O5S/c1-26(2,36)15-33-13-16(11-30-33)19-12-29-18-5-6-22(32-25(18)31-19)34(14-23-28-7-8-35(23)41(37)38)20-9-17(39-3)10-21(40-4)24(20)27/h5-13,36H,14-15H2,1-4H3,(H,37,38)/p-1. The van der Waals surface area contributed by atoms with E-state index in [1.807, 2.05) is 0 Å². The number of imidazole rings is 1. The predicted octanol–water partition coefficient (Wildman–Crippen LogP) is 2.99. The Kier molecular flexibility index (Phi) is 7.66. The number of nitrogens with zero attached hydrogens (tertiary/aromatic N) is 8. The van der Waals surface area contributed by atoms with Gasteiger partial charge in [0, 0.05) is 36.3 Å². The van der Waals surface area contributed by atoms with Gasteiger partial charge in [-0.1, -0.05) is 0 Å². The molecule has 0 radical (unpaired) electrons. The number of halogens is 1. The lowest BCUT2D eigenvalue weighted by Gasteiger charge is -2.26. The van der Waals surface area contributed by atoms with Crippen LogP contribution in [0.15, 0.2) is 55.2 Å². The highest BCUT2D eigenvalue weighted by molar-refractivity contribution is 7.77. The van der Waals surface area contributed by atoms with E-state index >= 15 is 4.39 Å². The Bertz CT molecular complexity index is 1730. The predicted molar refractivity (Wildman–Crippen MR) is 147 cm³/mol. The first-order valence-corrected chi connectivity index (χ1v) is 13.3. The van der Waals surface area contributed by atoms with Crippen molar-refractivity contribution in [1.82, 2.24) is 33.7 Å². The van der Waals surface area contributed by atoms with Crippen molar-refractivity contribution in [2.75, 3.05) is 19.1 Å². The lowest BCUT2D eigenvalue weighted by molar-refractivity contribution is 0.0577. The molecular weight excluding hydrogens is 555 g/mol. The fraction of sp³-hybridized carbons (Fsp3) is 0.269. The van der Waals surface area contributed by atoms with Crippen molar-refractivity contribution in [1.29, 1.82) is 0 Å². The third kappa shape index (κ3) is 6.01. The Balaban J connectivity index is 1.61. The Morgan fingerprint density at radius 3 is 2.66 bits per heavy atom. The second-order valence-corrected chi connectivity index (χ2v) is 10.5. The molecule has 0 aliphatic heterocycles. The molecule has 13 nitrogen and oxygen atoms in total. The minimum atomic E-state index is -2.64. The molecule has 0 amide bonds. The molecule has 0 spiro atoms. The van der Waals surface area contributed by atoms with Crippen molar-refractivity contribution in [2.45, 2.75) is 32.5 Å². The monoisotopic (exact) mass is 581 g/mol. The molecule has 0 aliphatic carbocycles. The molecule has 4 aromatic heterocycles. The van der Waals surface area contributed by atoms with Crippen LogP contribution in [0.3, 0.4) is 0 Å². The van der Waals surface area contributed by atoms with Crippen LogP contribution in [0.5, 0.6) is 11.5 Å². The van der Waals surface area contributed by atoms with Gasteiger partial charge in [-0.15, -0.1) is 0 Å². The summed E-state index contributed by atoms with van der Waals surface area (Å²) in [5.74, 6) is -0.130. The number of aliphatic hydroxyl groups is 1. The van der Waals surface area contributed by atoms with Crippen molar-refractivity contribution in [3.8, 4) is 22.8 Å². The van der Waals surface area contributed by atoms with E-state index < -0.39 is 22.7 Å². The average Bonchev–Trinajstić information content (AvgIpc) is 3.60. The number of benzene rings is 1. The molecule has 5 rings (SSSR count). The molecule has 5 aromatic rings. The lowest BCUT2D eigenvalue weighted by Crippen LogP contribution is -2.26. The van der Waals surface area contributed by atoms with Crippen LogP contribution >= 0.6 is 0 Å². The molecule has 41 heavy (non-hydrogen) atoms. The largest absolute Gasteiger partial charge is 0.755 e. The van der Waals surface area contributed by atoms with Gasteiger partial charge in [-0.2, -0.15) is 5.10 Å². The highest BCUT2D eigenvalue weighted by atomic mass is 32.2. The number of pyridine rings is 1. The zero-order chi connectivity index (χ0) is 29.3. The third-order valence-corrected chi connectivity index (χ3v) is 6.68. The van der Waals surface area contributed by atoms with E-state index in [4.69, 9.17) is 9.47 Å². The first-order valence-electron chi connectivity index (χ1n) is 12.3. The van der Waals surface area contributed by atoms with Crippen LogP contribution in [-0.2, 0) is 24.4 Å². The van der Waals surface area contributed by atoms with Crippen LogP contribution < -0.4 is 14.4 Å². The highest BCUT2D eigenvalue weighted by Gasteiger charge is 2.23. The molecule has 0 aliphatic rings. The number of hydrogen-bond donors (Lipinski definition) is 1. The van der Waals surface area contributed by atoms with Gasteiger partial charge in [-0.05, 0) is 26.0 Å². The Labute approximate surface area is 236 Å². The van der Waals surface area contributed by atoms with Gasteiger partial charge in [0.25, 0.3) is 0 Å². The van der Waals surface area contributed by atoms with Gasteiger partial charge >= 0.3 is 0 Å². The van der Waals surface area contributed by atoms with Crippen LogP contribution in [-0.4, -0.2) is 67.4 Å². The summed E-state index contributed by atoms with van der Waals surface area (Å²) in [6.45, 7) is 3.47. The number of anilines is 2. The van der Waals surface area contributed by atoms with E-state index in [2.05, 4.69) is 25.0 Å². The second-order valence-electron chi connectivity index (χ2n) is 9.64. The SMILES string of the molecule is COc1cc(OC)c(F)c(N(Cc2nccn2S(=O)[O-])c2ccc3ncc(-c4cnn(CC(C)(C)O)c4)nc3n2)c1. The molecule has 1 atom stereocenters. The zero-order valence-electron chi connectivity index (χ0n) is 22.6. The van der Waals surface area contributed by atoms with E-state index in [0.717, 1.165) is 3.97 Å². The maximum absolute atomic E-state index is 15.7. The van der Waals surface area contributed by atoms with Crippen LogP contribution in [0.2, 0.25) is 0 Å². The summed E-state index contributed by atoms with van der Waals surface area (Å²) in [6.07, 6.45) is 7.54. The number of methoxy groups -OCH3 is 2. The van der Waals surface area contributed by atoms with Crippen LogP contribution in [0, 0.1) is 5.82 Å². The minimum absolute atomic E-state index is 0.0105. The fourth-order valence-corrected chi connectivity index (χ4v) is 4.61. The summed E-state index contributed by atoms with van der Waals surface area (Å²) in [6, 6.07) is 6.14. The van der Waals surface area contributed by atoms with Crippen molar-refractivity contribution >= 4 is 33.9 Å². The molecule has 214 valence electrons. The van der Waals surface area contributed by atoms with E-state index in [-0.39, 0.29) is 41.8 Å². The number of ether oxygens (including phenoxy) is 2. The Hall–Kier alpha value is -4.47. The third-order valence-electron chi connectivity index (χ3n) is 6.03. The number of hydrogen-bond acceptors (Lipinski definition) is 11. The summed E-state index contributed by atoms with van der Waals surface area (Å²) in [5.41, 5.74) is 0.942. The van der Waals surface area contributed by atoms with E-state index in [1.54, 1.807) is 49.3 Å². The van der Waals surface area contributed by atoms with Gasteiger partial charge < -0.3 is 24.0 Å². The van der Waals surface area contributed by atoms with Gasteiger partial charge in [-0.25, -0.2) is 19.3 Å². The molecule has 1 N–H and O–H groups in total. The zero-order valence-corrected chi connectivity index (χ0v) is 23.4. The topological polar surface area (TPSA) is 156 Å². The molecule has 1 unspecified atom stereocenters. The summed E-state index contributed by atoms with van der Waals surface area (Å²) in [7, 11) is 2.76. The first-order chi connectivity index (χ1) is 19.6.